The van der Waals surface area contributed by atoms with Crippen molar-refractivity contribution in [3.63, 3.8) is 0 Å². The minimum Gasteiger partial charge on any atom is -0.511 e. The van der Waals surface area contributed by atoms with E-state index in [0.29, 0.717) is 6.08 Å². The van der Waals surface area contributed by atoms with E-state index in [1.807, 2.05) is 0 Å². The van der Waals surface area contributed by atoms with Crippen LogP contribution >= 0.6 is 0 Å². The number of benzene rings is 1. The molecular weight excluding hydrogens is 312 g/mol. The predicted molar refractivity (Wildman–Crippen MR) is 76.6 cm³/mol. The fraction of sp³-hybridized carbons (Fsp3) is 0.214. The van der Waals surface area contributed by atoms with Gasteiger partial charge in [0.15, 0.2) is 5.78 Å². The minimum atomic E-state index is -4.83. The molecule has 0 aliphatic heterocycles. The number of aliphatic hydroxyl groups excluding tert-OH is 1. The van der Waals surface area contributed by atoms with E-state index in [9.17, 15) is 28.0 Å². The molecule has 0 amide bonds. The number of ether oxygens (including phenoxy) is 1. The van der Waals surface area contributed by atoms with Crippen LogP contribution in [0.2, 0.25) is 0 Å². The Kier molecular flexibility index (Phi) is 4.21. The summed E-state index contributed by atoms with van der Waals surface area (Å²) in [4.78, 5) is 11.4. The average Bonchev–Trinajstić information content (AvgIpc) is 2.46. The van der Waals surface area contributed by atoms with Gasteiger partial charge in [-0.05, 0) is 6.08 Å². The lowest BCUT2D eigenvalue weighted by Crippen LogP contribution is -2.40. The summed E-state index contributed by atoms with van der Waals surface area (Å²) in [7, 11) is -3.82. The van der Waals surface area contributed by atoms with Gasteiger partial charge in [0.2, 0.25) is 5.79 Å². The van der Waals surface area contributed by atoms with E-state index in [1.165, 1.54) is 12.1 Å². The third-order valence-electron chi connectivity index (χ3n) is 3.27. The first-order valence-corrected chi connectivity index (χ1v) is 7.62. The smallest absolute Gasteiger partial charge is 0.296 e. The highest BCUT2D eigenvalue weighted by Gasteiger charge is 2.44. The summed E-state index contributed by atoms with van der Waals surface area (Å²) in [6.07, 6.45) is 0.0377. The van der Waals surface area contributed by atoms with Gasteiger partial charge in [-0.2, -0.15) is 8.42 Å². The summed E-state index contributed by atoms with van der Waals surface area (Å²) >= 11 is 0. The van der Waals surface area contributed by atoms with Crippen LogP contribution in [-0.4, -0.2) is 41.9 Å². The first-order valence-electron chi connectivity index (χ1n) is 6.18. The second-order valence-corrected chi connectivity index (χ2v) is 6.09. The first kappa shape index (κ1) is 16.4. The number of aliphatic hydroxyl groups is 2. The van der Waals surface area contributed by atoms with Crippen molar-refractivity contribution in [1.29, 1.82) is 0 Å². The second-order valence-electron chi connectivity index (χ2n) is 4.70. The maximum Gasteiger partial charge on any atom is 0.296 e. The Morgan fingerprint density at radius 1 is 1.27 bits per heavy atom. The number of methoxy groups -OCH3 is 1. The second kappa shape index (κ2) is 5.65. The molecule has 3 N–H and O–H groups in total. The summed E-state index contributed by atoms with van der Waals surface area (Å²) in [5, 5.41) is 20.0. The van der Waals surface area contributed by atoms with Crippen LogP contribution in [-0.2, 0) is 14.9 Å². The molecular formula is C14H14O7S. The van der Waals surface area contributed by atoms with Crippen LogP contribution in [0.4, 0.5) is 0 Å². The van der Waals surface area contributed by atoms with Gasteiger partial charge >= 0.3 is 0 Å². The molecule has 1 aromatic rings. The van der Waals surface area contributed by atoms with Gasteiger partial charge in [0.25, 0.3) is 10.1 Å². The Bertz CT molecular complexity index is 762. The van der Waals surface area contributed by atoms with Gasteiger partial charge in [0.1, 0.15) is 10.7 Å². The Hall–Kier alpha value is -2.00. The number of hydrogen-bond donors (Lipinski definition) is 3. The van der Waals surface area contributed by atoms with E-state index in [0.717, 1.165) is 7.11 Å². The SMILES string of the molecule is COC1(O)CC(O)=C(C(=O)c2ccccc2)C=C1S(=O)(=O)O. The molecule has 7 nitrogen and oxygen atoms in total. The van der Waals surface area contributed by atoms with Gasteiger partial charge in [-0.1, -0.05) is 30.3 Å². The van der Waals surface area contributed by atoms with E-state index in [2.05, 4.69) is 4.74 Å². The number of hydrogen-bond acceptors (Lipinski definition) is 6. The third-order valence-corrected chi connectivity index (χ3v) is 4.27. The van der Waals surface area contributed by atoms with Gasteiger partial charge in [0.05, 0.1) is 12.0 Å². The topological polar surface area (TPSA) is 121 Å². The van der Waals surface area contributed by atoms with Crippen molar-refractivity contribution in [2.45, 2.75) is 12.2 Å². The number of carbonyl (C=O) groups is 1. The Morgan fingerprint density at radius 3 is 2.36 bits per heavy atom. The summed E-state index contributed by atoms with van der Waals surface area (Å²) < 4.78 is 36.7. The molecule has 1 atom stereocenters. The van der Waals surface area contributed by atoms with Crippen LogP contribution in [0, 0.1) is 0 Å². The maximum absolute atomic E-state index is 12.3. The van der Waals surface area contributed by atoms with Gasteiger partial charge in [-0.3, -0.25) is 9.35 Å². The Balaban J connectivity index is 2.56. The lowest BCUT2D eigenvalue weighted by atomic mass is 9.94. The summed E-state index contributed by atoms with van der Waals surface area (Å²) in [5.74, 6) is -3.61. The molecule has 1 aliphatic carbocycles. The molecule has 1 aromatic carbocycles. The monoisotopic (exact) mass is 326 g/mol. The van der Waals surface area contributed by atoms with Crippen LogP contribution in [0.15, 0.2) is 52.6 Å². The molecule has 22 heavy (non-hydrogen) atoms. The number of rotatable bonds is 4. The molecule has 0 aromatic heterocycles. The fourth-order valence-electron chi connectivity index (χ4n) is 2.13. The van der Waals surface area contributed by atoms with Gasteiger partial charge in [-0.15, -0.1) is 0 Å². The summed E-state index contributed by atoms with van der Waals surface area (Å²) in [6, 6.07) is 7.87. The Morgan fingerprint density at radius 2 is 1.86 bits per heavy atom. The molecule has 1 unspecified atom stereocenters. The van der Waals surface area contributed by atoms with E-state index in [-0.39, 0.29) is 11.1 Å². The summed E-state index contributed by atoms with van der Waals surface area (Å²) in [6.45, 7) is 0. The fourth-order valence-corrected chi connectivity index (χ4v) is 2.95. The zero-order valence-electron chi connectivity index (χ0n) is 11.6. The number of Topliss-reactive ketones (excluding diaryl/α,β-unsaturated/α-hetero) is 1. The zero-order chi connectivity index (χ0) is 16.5. The highest BCUT2D eigenvalue weighted by Crippen LogP contribution is 2.36. The number of ketones is 1. The molecule has 0 fully saturated rings. The van der Waals surface area contributed by atoms with Crippen LogP contribution in [0.25, 0.3) is 0 Å². The van der Waals surface area contributed by atoms with Crippen molar-refractivity contribution >= 4 is 15.9 Å². The van der Waals surface area contributed by atoms with Gasteiger partial charge < -0.3 is 14.9 Å². The first-order chi connectivity index (χ1) is 10.2. The van der Waals surface area contributed by atoms with Crippen molar-refractivity contribution in [2.24, 2.45) is 0 Å². The quantitative estimate of drug-likeness (QED) is 0.431. The summed E-state index contributed by atoms with van der Waals surface area (Å²) in [5.41, 5.74) is -0.113. The molecule has 0 saturated carbocycles. The van der Waals surface area contributed by atoms with Crippen LogP contribution in [0.5, 0.6) is 0 Å². The van der Waals surface area contributed by atoms with Crippen molar-refractivity contribution in [2.75, 3.05) is 7.11 Å². The molecule has 8 heteroatoms. The number of allylic oxidation sites excluding steroid dienone is 2. The van der Waals surface area contributed by atoms with E-state index in [4.69, 9.17) is 0 Å². The Labute approximate surface area is 126 Å². The molecule has 1 aliphatic rings. The lowest BCUT2D eigenvalue weighted by Gasteiger charge is -2.30. The van der Waals surface area contributed by atoms with Crippen molar-refractivity contribution in [3.8, 4) is 0 Å². The van der Waals surface area contributed by atoms with Crippen molar-refractivity contribution in [3.05, 3.63) is 58.2 Å². The van der Waals surface area contributed by atoms with E-state index >= 15 is 0 Å². The highest BCUT2D eigenvalue weighted by molar-refractivity contribution is 7.89. The van der Waals surface area contributed by atoms with Gasteiger partial charge in [-0.25, -0.2) is 0 Å². The van der Waals surface area contributed by atoms with Crippen LogP contribution < -0.4 is 0 Å². The predicted octanol–water partition coefficient (Wildman–Crippen LogP) is 1.19. The standard InChI is InChI=1S/C14H14O7S/c1-21-14(17)8-11(15)10(7-12(14)22(18,19)20)13(16)9-5-3-2-4-6-9/h2-7,15,17H,8H2,1H3,(H,18,19,20). The highest BCUT2D eigenvalue weighted by atomic mass is 32.2. The van der Waals surface area contributed by atoms with Crippen molar-refractivity contribution in [1.82, 2.24) is 0 Å². The molecule has 0 heterocycles. The number of carbonyl (C=O) groups excluding carboxylic acids is 1. The van der Waals surface area contributed by atoms with Crippen molar-refractivity contribution < 1.29 is 32.7 Å². The zero-order valence-corrected chi connectivity index (χ0v) is 12.4. The maximum atomic E-state index is 12.3. The minimum absolute atomic E-state index is 0.220. The molecule has 0 radical (unpaired) electrons. The van der Waals surface area contributed by atoms with Gasteiger partial charge in [0, 0.05) is 12.7 Å². The van der Waals surface area contributed by atoms with Crippen LogP contribution in [0.3, 0.4) is 0 Å². The molecule has 118 valence electrons. The molecule has 2 rings (SSSR count). The van der Waals surface area contributed by atoms with Crippen LogP contribution in [0.1, 0.15) is 16.8 Å². The molecule has 0 spiro atoms. The molecule has 0 saturated heterocycles. The lowest BCUT2D eigenvalue weighted by molar-refractivity contribution is -0.153. The molecule has 0 bridgehead atoms. The van der Waals surface area contributed by atoms with E-state index in [1.54, 1.807) is 18.2 Å². The third kappa shape index (κ3) is 2.95. The normalized spacial score (nSPS) is 22.4. The average molecular weight is 326 g/mol. The largest absolute Gasteiger partial charge is 0.511 e. The van der Waals surface area contributed by atoms with E-state index < -0.39 is 38.8 Å².